The van der Waals surface area contributed by atoms with Crippen molar-refractivity contribution in [3.05, 3.63) is 12.7 Å². The minimum atomic E-state index is -4.30. The summed E-state index contributed by atoms with van der Waals surface area (Å²) in [5.41, 5.74) is 0.638. The Balaban J connectivity index is 0.00000204. The zero-order valence-electron chi connectivity index (χ0n) is 19.0. The van der Waals surface area contributed by atoms with E-state index in [1.807, 2.05) is 13.8 Å². The van der Waals surface area contributed by atoms with E-state index in [0.717, 1.165) is 0 Å². The summed E-state index contributed by atoms with van der Waals surface area (Å²) >= 11 is 0. The standard InChI is InChI=1S/C18H24N5O8P.Na.H2O/c1-3-5-11(24)22-16-13-17(20-8-19-16)23(9-21-13)18-15(30-12(25)6-4-2)14-10(29-18)7-28-32(26,27)31-14;;/h8-10,14-15,18H,3-7H2,1-2H3,(H,26,27)(H,19,20,22,24);;1H2/t10?,14?,15-,18-;;/m0../s1. The number of fused-ring (bicyclic) bond motifs is 2. The largest absolute Gasteiger partial charge is 0.472 e. The maximum Gasteiger partial charge on any atom is 0.472 e. The summed E-state index contributed by atoms with van der Waals surface area (Å²) < 4.78 is 35.1. The first kappa shape index (κ1) is 28.8. The number of imidazole rings is 1. The van der Waals surface area contributed by atoms with E-state index in [-0.39, 0.29) is 59.8 Å². The van der Waals surface area contributed by atoms with Crippen LogP contribution in [-0.4, -0.2) is 96.2 Å². The van der Waals surface area contributed by atoms with Crippen LogP contribution in [0.3, 0.4) is 0 Å². The van der Waals surface area contributed by atoms with Crippen molar-refractivity contribution in [1.82, 2.24) is 19.5 Å². The van der Waals surface area contributed by atoms with E-state index in [2.05, 4.69) is 20.3 Å². The van der Waals surface area contributed by atoms with Gasteiger partial charge in [-0.15, -0.1) is 0 Å². The first-order valence-electron chi connectivity index (χ1n) is 10.3. The smallest absolute Gasteiger partial charge is 0.455 e. The molecule has 0 spiro atoms. The van der Waals surface area contributed by atoms with Gasteiger partial charge in [-0.25, -0.2) is 19.5 Å². The molecule has 2 fully saturated rings. The second kappa shape index (κ2) is 12.0. The molecule has 0 aliphatic carbocycles. The Morgan fingerprint density at radius 3 is 2.71 bits per heavy atom. The molecule has 4 rings (SSSR count). The van der Waals surface area contributed by atoms with Crippen LogP contribution in [-0.2, 0) is 32.7 Å². The van der Waals surface area contributed by atoms with Crippen LogP contribution in [0.15, 0.2) is 12.7 Å². The van der Waals surface area contributed by atoms with Crippen molar-refractivity contribution in [3.8, 4) is 0 Å². The number of carbonyl (C=O) groups is 2. The Kier molecular flexibility index (Phi) is 10.1. The van der Waals surface area contributed by atoms with Crippen LogP contribution in [0.5, 0.6) is 0 Å². The molecule has 16 heteroatoms. The molecule has 0 bridgehead atoms. The fraction of sp³-hybridized carbons (Fsp3) is 0.611. The van der Waals surface area contributed by atoms with Crippen molar-refractivity contribution in [1.29, 1.82) is 0 Å². The second-order valence-electron chi connectivity index (χ2n) is 7.45. The van der Waals surface area contributed by atoms with Crippen LogP contribution in [0, 0.1) is 0 Å². The maximum absolute atomic E-state index is 12.3. The Morgan fingerprint density at radius 1 is 1.26 bits per heavy atom. The summed E-state index contributed by atoms with van der Waals surface area (Å²) in [6.07, 6.45) is 0.639. The molecule has 1 radical (unpaired) electrons. The Hall–Kier alpha value is -1.48. The zero-order chi connectivity index (χ0) is 22.9. The van der Waals surface area contributed by atoms with Gasteiger partial charge in [-0.3, -0.25) is 23.2 Å². The molecular formula is C18H26N5NaO9P. The van der Waals surface area contributed by atoms with E-state index < -0.39 is 38.3 Å². The number of amides is 1. The number of ether oxygens (including phenoxy) is 2. The van der Waals surface area contributed by atoms with Crippen molar-refractivity contribution in [3.63, 3.8) is 0 Å². The van der Waals surface area contributed by atoms with Crippen molar-refractivity contribution in [2.45, 2.75) is 64.1 Å². The van der Waals surface area contributed by atoms with Gasteiger partial charge in [0, 0.05) is 42.4 Å². The van der Waals surface area contributed by atoms with Crippen LogP contribution >= 0.6 is 7.82 Å². The molecule has 34 heavy (non-hydrogen) atoms. The minimum absolute atomic E-state index is 0. The number of nitrogens with one attached hydrogen (secondary N) is 1. The fourth-order valence-corrected chi connectivity index (χ4v) is 4.60. The average molecular weight is 510 g/mol. The molecule has 2 aliphatic rings. The monoisotopic (exact) mass is 510 g/mol. The van der Waals surface area contributed by atoms with Gasteiger partial charge in [0.2, 0.25) is 5.91 Å². The Labute approximate surface area is 216 Å². The molecule has 2 aromatic heterocycles. The number of anilines is 1. The molecule has 5 atom stereocenters. The number of phosphoric ester groups is 1. The van der Waals surface area contributed by atoms with Gasteiger partial charge < -0.3 is 25.2 Å². The summed E-state index contributed by atoms with van der Waals surface area (Å²) in [6, 6.07) is 0. The third-order valence-electron chi connectivity index (χ3n) is 5.03. The third-order valence-corrected chi connectivity index (χ3v) is 6.02. The molecule has 14 nitrogen and oxygen atoms in total. The van der Waals surface area contributed by atoms with E-state index >= 15 is 0 Å². The number of phosphoric acid groups is 1. The SMILES string of the molecule is CCCC(=O)Nc1ncnc2c1ncn2[C@H]1OC2COP(=O)(O)OC2[C@@H]1OC(=O)CCC.O.[Na]. The number of carbonyl (C=O) groups excluding carboxylic acids is 2. The van der Waals surface area contributed by atoms with E-state index in [0.29, 0.717) is 30.4 Å². The Bertz CT molecular complexity index is 1070. The molecule has 2 saturated heterocycles. The van der Waals surface area contributed by atoms with Gasteiger partial charge in [0.15, 0.2) is 29.3 Å². The first-order chi connectivity index (χ1) is 15.3. The van der Waals surface area contributed by atoms with Crippen LogP contribution < -0.4 is 5.32 Å². The summed E-state index contributed by atoms with van der Waals surface area (Å²) in [7, 11) is -4.30. The molecule has 0 aromatic carbocycles. The van der Waals surface area contributed by atoms with Crippen molar-refractivity contribution < 1.29 is 43.0 Å². The maximum atomic E-state index is 12.3. The van der Waals surface area contributed by atoms with Crippen LogP contribution in [0.1, 0.15) is 45.8 Å². The second-order valence-corrected chi connectivity index (χ2v) is 8.85. The summed E-state index contributed by atoms with van der Waals surface area (Å²) in [5, 5.41) is 2.70. The van der Waals surface area contributed by atoms with Gasteiger partial charge >= 0.3 is 13.8 Å². The number of nitrogens with zero attached hydrogens (tertiary/aromatic N) is 4. The summed E-state index contributed by atoms with van der Waals surface area (Å²) in [4.78, 5) is 46.7. The molecule has 2 aromatic rings. The van der Waals surface area contributed by atoms with Crippen molar-refractivity contribution in [2.75, 3.05) is 11.9 Å². The van der Waals surface area contributed by atoms with Crippen LogP contribution in [0.2, 0.25) is 0 Å². The molecule has 183 valence electrons. The van der Waals surface area contributed by atoms with Crippen LogP contribution in [0.25, 0.3) is 11.2 Å². The van der Waals surface area contributed by atoms with E-state index in [9.17, 15) is 19.0 Å². The van der Waals surface area contributed by atoms with Crippen molar-refractivity contribution >= 4 is 66.2 Å². The first-order valence-corrected chi connectivity index (χ1v) is 11.8. The van der Waals surface area contributed by atoms with E-state index in [4.69, 9.17) is 18.5 Å². The fourth-order valence-electron chi connectivity index (χ4n) is 3.64. The van der Waals surface area contributed by atoms with E-state index in [1.165, 1.54) is 17.2 Å². The third kappa shape index (κ3) is 6.01. The van der Waals surface area contributed by atoms with Gasteiger partial charge in [-0.1, -0.05) is 13.8 Å². The molecule has 4 N–H and O–H groups in total. The zero-order valence-corrected chi connectivity index (χ0v) is 21.9. The normalized spacial score (nSPS) is 27.9. The van der Waals surface area contributed by atoms with Crippen molar-refractivity contribution in [2.24, 2.45) is 0 Å². The molecule has 4 heterocycles. The number of esters is 1. The van der Waals surface area contributed by atoms with E-state index in [1.54, 1.807) is 0 Å². The molecule has 3 unspecified atom stereocenters. The predicted octanol–water partition coefficient (Wildman–Crippen LogP) is 0.484. The topological polar surface area (TPSA) is 195 Å². The quantitative estimate of drug-likeness (QED) is 0.299. The molecular weight excluding hydrogens is 484 g/mol. The number of hydrogen-bond acceptors (Lipinski definition) is 10. The molecule has 2 aliphatic heterocycles. The van der Waals surface area contributed by atoms with Gasteiger partial charge in [0.25, 0.3) is 0 Å². The summed E-state index contributed by atoms with van der Waals surface area (Å²) in [6.45, 7) is 3.50. The Morgan fingerprint density at radius 2 is 2.00 bits per heavy atom. The van der Waals surface area contributed by atoms with Gasteiger partial charge in [0.05, 0.1) is 12.9 Å². The van der Waals surface area contributed by atoms with Gasteiger partial charge in [0.1, 0.15) is 18.5 Å². The number of hydrogen-bond donors (Lipinski definition) is 2. The summed E-state index contributed by atoms with van der Waals surface area (Å²) in [5.74, 6) is -0.469. The van der Waals surface area contributed by atoms with Gasteiger partial charge in [-0.2, -0.15) is 0 Å². The average Bonchev–Trinajstić information content (AvgIpc) is 3.30. The minimum Gasteiger partial charge on any atom is -0.455 e. The number of aromatic nitrogens is 4. The van der Waals surface area contributed by atoms with Gasteiger partial charge in [-0.05, 0) is 12.8 Å². The predicted molar refractivity (Wildman–Crippen MR) is 118 cm³/mol. The van der Waals surface area contributed by atoms with Crippen LogP contribution in [0.4, 0.5) is 5.82 Å². The number of rotatable bonds is 7. The molecule has 1 amide bonds. The molecule has 0 saturated carbocycles.